The fourth-order valence-corrected chi connectivity index (χ4v) is 2.61. The van der Waals surface area contributed by atoms with E-state index in [0.29, 0.717) is 12.6 Å². The zero-order chi connectivity index (χ0) is 11.4. The summed E-state index contributed by atoms with van der Waals surface area (Å²) in [4.78, 5) is 2.57. The molecule has 2 N–H and O–H groups in total. The molecular formula is C13H26N2O. The largest absolute Gasteiger partial charge is 0.396 e. The van der Waals surface area contributed by atoms with Gasteiger partial charge in [0.15, 0.2) is 0 Å². The van der Waals surface area contributed by atoms with Crippen molar-refractivity contribution in [1.29, 1.82) is 0 Å². The zero-order valence-corrected chi connectivity index (χ0v) is 10.5. The Kier molecular flexibility index (Phi) is 4.22. The van der Waals surface area contributed by atoms with Gasteiger partial charge in [-0.15, -0.1) is 0 Å². The maximum atomic E-state index is 9.25. The Labute approximate surface area is 99.2 Å². The predicted octanol–water partition coefficient (Wildman–Crippen LogP) is 1.22. The molecule has 94 valence electrons. The van der Waals surface area contributed by atoms with Crippen LogP contribution in [0, 0.1) is 5.41 Å². The van der Waals surface area contributed by atoms with Crippen LogP contribution >= 0.6 is 0 Å². The van der Waals surface area contributed by atoms with Gasteiger partial charge >= 0.3 is 0 Å². The van der Waals surface area contributed by atoms with Gasteiger partial charge in [-0.25, -0.2) is 0 Å². The highest BCUT2D eigenvalue weighted by molar-refractivity contribution is 4.95. The lowest BCUT2D eigenvalue weighted by Gasteiger charge is -2.33. The number of nitrogens with one attached hydrogen (secondary N) is 1. The zero-order valence-electron chi connectivity index (χ0n) is 10.5. The number of aliphatic hydroxyl groups is 1. The van der Waals surface area contributed by atoms with Crippen LogP contribution in [0.3, 0.4) is 0 Å². The molecule has 0 aromatic heterocycles. The van der Waals surface area contributed by atoms with Crippen molar-refractivity contribution in [3.8, 4) is 0 Å². The van der Waals surface area contributed by atoms with Crippen molar-refractivity contribution < 1.29 is 5.11 Å². The molecule has 16 heavy (non-hydrogen) atoms. The van der Waals surface area contributed by atoms with E-state index >= 15 is 0 Å². The second-order valence-corrected chi connectivity index (χ2v) is 5.65. The van der Waals surface area contributed by atoms with Crippen LogP contribution in [-0.4, -0.2) is 48.8 Å². The normalized spacial score (nSPS) is 25.9. The number of rotatable bonds is 6. The van der Waals surface area contributed by atoms with Gasteiger partial charge in [-0.2, -0.15) is 0 Å². The van der Waals surface area contributed by atoms with E-state index in [1.807, 2.05) is 0 Å². The first kappa shape index (κ1) is 12.3. The van der Waals surface area contributed by atoms with E-state index in [0.717, 1.165) is 6.54 Å². The molecule has 0 radical (unpaired) electrons. The summed E-state index contributed by atoms with van der Waals surface area (Å²) in [7, 11) is 0. The molecule has 2 aliphatic rings. The standard InChI is InChI=1S/C13H26N2O/c1-2-7-15-8-3-12(4-9-15)14-10-13(11-16)5-6-13/h12,14,16H,2-11H2,1H3. The Morgan fingerprint density at radius 3 is 2.50 bits per heavy atom. The van der Waals surface area contributed by atoms with E-state index in [-0.39, 0.29) is 5.41 Å². The first-order valence-corrected chi connectivity index (χ1v) is 6.84. The summed E-state index contributed by atoms with van der Waals surface area (Å²) in [5.74, 6) is 0. The number of nitrogens with zero attached hydrogens (tertiary/aromatic N) is 1. The minimum atomic E-state index is 0.264. The second kappa shape index (κ2) is 5.48. The average Bonchev–Trinajstić information content (AvgIpc) is 3.09. The van der Waals surface area contributed by atoms with E-state index in [9.17, 15) is 5.11 Å². The molecule has 0 aromatic rings. The van der Waals surface area contributed by atoms with Crippen molar-refractivity contribution in [2.75, 3.05) is 32.8 Å². The number of hydrogen-bond donors (Lipinski definition) is 2. The summed E-state index contributed by atoms with van der Waals surface area (Å²) >= 11 is 0. The van der Waals surface area contributed by atoms with Crippen LogP contribution in [0.1, 0.15) is 39.0 Å². The molecule has 0 bridgehead atoms. The van der Waals surface area contributed by atoms with Crippen LogP contribution in [0.25, 0.3) is 0 Å². The third kappa shape index (κ3) is 3.19. The molecule has 1 saturated heterocycles. The highest BCUT2D eigenvalue weighted by atomic mass is 16.3. The van der Waals surface area contributed by atoms with E-state index in [1.54, 1.807) is 0 Å². The summed E-state index contributed by atoms with van der Waals surface area (Å²) < 4.78 is 0. The molecule has 3 heteroatoms. The van der Waals surface area contributed by atoms with Crippen molar-refractivity contribution >= 4 is 0 Å². The van der Waals surface area contributed by atoms with E-state index in [1.165, 1.54) is 51.7 Å². The third-order valence-corrected chi connectivity index (χ3v) is 4.19. The maximum absolute atomic E-state index is 9.25. The lowest BCUT2D eigenvalue weighted by molar-refractivity contribution is 0.175. The lowest BCUT2D eigenvalue weighted by Crippen LogP contribution is -2.44. The Morgan fingerprint density at radius 2 is 2.00 bits per heavy atom. The van der Waals surface area contributed by atoms with Crippen LogP contribution in [0.15, 0.2) is 0 Å². The van der Waals surface area contributed by atoms with Gasteiger partial charge in [0.1, 0.15) is 0 Å². The second-order valence-electron chi connectivity index (χ2n) is 5.65. The van der Waals surface area contributed by atoms with Gasteiger partial charge in [0.25, 0.3) is 0 Å². The predicted molar refractivity (Wildman–Crippen MR) is 66.5 cm³/mol. The number of aliphatic hydroxyl groups excluding tert-OH is 1. The SMILES string of the molecule is CCCN1CCC(NCC2(CO)CC2)CC1. The third-order valence-electron chi connectivity index (χ3n) is 4.19. The van der Waals surface area contributed by atoms with Gasteiger partial charge in [-0.05, 0) is 51.7 Å². The molecule has 1 aliphatic carbocycles. The van der Waals surface area contributed by atoms with Gasteiger partial charge in [-0.1, -0.05) is 6.92 Å². The van der Waals surface area contributed by atoms with Crippen molar-refractivity contribution in [2.45, 2.75) is 45.1 Å². The summed E-state index contributed by atoms with van der Waals surface area (Å²) in [6, 6.07) is 0.692. The summed E-state index contributed by atoms with van der Waals surface area (Å²) in [6.45, 7) is 7.40. The Bertz CT molecular complexity index is 208. The molecule has 3 nitrogen and oxygen atoms in total. The highest BCUT2D eigenvalue weighted by Crippen LogP contribution is 2.44. The van der Waals surface area contributed by atoms with Crippen molar-refractivity contribution in [1.82, 2.24) is 10.2 Å². The minimum Gasteiger partial charge on any atom is -0.396 e. The molecular weight excluding hydrogens is 200 g/mol. The van der Waals surface area contributed by atoms with Crippen LogP contribution in [0.4, 0.5) is 0 Å². The van der Waals surface area contributed by atoms with Crippen LogP contribution in [0.2, 0.25) is 0 Å². The molecule has 1 saturated carbocycles. The van der Waals surface area contributed by atoms with Gasteiger partial charge in [-0.3, -0.25) is 0 Å². The van der Waals surface area contributed by atoms with Gasteiger partial charge in [0.2, 0.25) is 0 Å². The topological polar surface area (TPSA) is 35.5 Å². The first-order valence-electron chi connectivity index (χ1n) is 6.84. The Balaban J connectivity index is 1.62. The smallest absolute Gasteiger partial charge is 0.0499 e. The van der Waals surface area contributed by atoms with Crippen LogP contribution in [0.5, 0.6) is 0 Å². The molecule has 0 aromatic carbocycles. The fraction of sp³-hybridized carbons (Fsp3) is 1.00. The monoisotopic (exact) mass is 226 g/mol. The molecule has 0 unspecified atom stereocenters. The summed E-state index contributed by atoms with van der Waals surface area (Å²) in [6.07, 6.45) is 6.26. The van der Waals surface area contributed by atoms with Crippen LogP contribution in [-0.2, 0) is 0 Å². The molecule has 0 spiro atoms. The molecule has 2 rings (SSSR count). The van der Waals surface area contributed by atoms with Crippen LogP contribution < -0.4 is 5.32 Å². The Hall–Kier alpha value is -0.120. The minimum absolute atomic E-state index is 0.264. The van der Waals surface area contributed by atoms with E-state index in [4.69, 9.17) is 0 Å². The number of hydrogen-bond acceptors (Lipinski definition) is 3. The van der Waals surface area contributed by atoms with Gasteiger partial charge in [0, 0.05) is 24.6 Å². The number of piperidine rings is 1. The lowest BCUT2D eigenvalue weighted by atomic mass is 10.0. The van der Waals surface area contributed by atoms with Crippen molar-refractivity contribution in [3.05, 3.63) is 0 Å². The quantitative estimate of drug-likeness (QED) is 0.715. The molecule has 0 amide bonds. The van der Waals surface area contributed by atoms with Gasteiger partial charge < -0.3 is 15.3 Å². The molecule has 2 fully saturated rings. The highest BCUT2D eigenvalue weighted by Gasteiger charge is 2.41. The van der Waals surface area contributed by atoms with Crippen molar-refractivity contribution in [2.24, 2.45) is 5.41 Å². The van der Waals surface area contributed by atoms with E-state index in [2.05, 4.69) is 17.1 Å². The maximum Gasteiger partial charge on any atom is 0.0499 e. The number of likely N-dealkylation sites (tertiary alicyclic amines) is 1. The summed E-state index contributed by atoms with van der Waals surface area (Å²) in [5.41, 5.74) is 0.264. The van der Waals surface area contributed by atoms with Gasteiger partial charge in [0.05, 0.1) is 0 Å². The Morgan fingerprint density at radius 1 is 1.31 bits per heavy atom. The average molecular weight is 226 g/mol. The van der Waals surface area contributed by atoms with E-state index < -0.39 is 0 Å². The molecule has 0 atom stereocenters. The fourth-order valence-electron chi connectivity index (χ4n) is 2.61. The molecule has 1 heterocycles. The first-order chi connectivity index (χ1) is 7.78. The molecule has 1 aliphatic heterocycles. The summed E-state index contributed by atoms with van der Waals surface area (Å²) in [5, 5.41) is 12.9. The van der Waals surface area contributed by atoms with Crippen molar-refractivity contribution in [3.63, 3.8) is 0 Å².